The number of anilines is 1. The number of nitrogens with one attached hydrogen (secondary N) is 1. The number of halogens is 2. The standard InChI is InChI=1S/C16H14F2N4O3/c17-11-2-1-9(3-12(11)18)8-25-14-4-15-21-7-13(23)19-5-10(21)6-22(15)16(24)20-14/h1-4,10H,5-8H2,(H,19,23). The lowest BCUT2D eigenvalue weighted by Gasteiger charge is -2.30. The predicted octanol–water partition coefficient (Wildman–Crippen LogP) is 0.419. The quantitative estimate of drug-likeness (QED) is 0.870. The molecule has 2 aliphatic heterocycles. The van der Waals surface area contributed by atoms with Gasteiger partial charge in [-0.25, -0.2) is 13.6 Å². The number of hydrogen-bond acceptors (Lipinski definition) is 5. The molecule has 25 heavy (non-hydrogen) atoms. The van der Waals surface area contributed by atoms with Gasteiger partial charge >= 0.3 is 5.69 Å². The third kappa shape index (κ3) is 2.81. The molecule has 1 saturated heterocycles. The van der Waals surface area contributed by atoms with E-state index in [0.29, 0.717) is 24.5 Å². The molecule has 1 fully saturated rings. The highest BCUT2D eigenvalue weighted by atomic mass is 19.2. The Labute approximate surface area is 140 Å². The van der Waals surface area contributed by atoms with Crippen molar-refractivity contribution in [3.8, 4) is 5.88 Å². The van der Waals surface area contributed by atoms with Gasteiger partial charge in [0, 0.05) is 12.6 Å². The van der Waals surface area contributed by atoms with Gasteiger partial charge in [-0.1, -0.05) is 6.07 Å². The van der Waals surface area contributed by atoms with Crippen LogP contribution in [0.15, 0.2) is 29.1 Å². The first-order valence-corrected chi connectivity index (χ1v) is 7.73. The Hall–Kier alpha value is -2.97. The van der Waals surface area contributed by atoms with E-state index in [2.05, 4.69) is 10.3 Å². The Morgan fingerprint density at radius 3 is 2.88 bits per heavy atom. The fraction of sp³-hybridized carbons (Fsp3) is 0.312. The molecule has 1 aromatic carbocycles. The van der Waals surface area contributed by atoms with Crippen LogP contribution in [0.1, 0.15) is 5.56 Å². The number of amides is 1. The van der Waals surface area contributed by atoms with Gasteiger partial charge in [-0.3, -0.25) is 9.36 Å². The van der Waals surface area contributed by atoms with E-state index in [4.69, 9.17) is 4.74 Å². The smallest absolute Gasteiger partial charge is 0.352 e. The maximum absolute atomic E-state index is 13.2. The average Bonchev–Trinajstić information content (AvgIpc) is 2.95. The van der Waals surface area contributed by atoms with Crippen molar-refractivity contribution in [2.45, 2.75) is 19.2 Å². The molecular weight excluding hydrogens is 334 g/mol. The van der Waals surface area contributed by atoms with Gasteiger partial charge in [0.2, 0.25) is 11.8 Å². The Morgan fingerprint density at radius 2 is 2.08 bits per heavy atom. The largest absolute Gasteiger partial charge is 0.473 e. The summed E-state index contributed by atoms with van der Waals surface area (Å²) in [6.45, 7) is 1.02. The lowest BCUT2D eigenvalue weighted by atomic mass is 10.2. The molecule has 1 amide bonds. The summed E-state index contributed by atoms with van der Waals surface area (Å²) in [5, 5.41) is 2.77. The number of rotatable bonds is 3. The van der Waals surface area contributed by atoms with Gasteiger partial charge in [0.25, 0.3) is 0 Å². The Kier molecular flexibility index (Phi) is 3.63. The van der Waals surface area contributed by atoms with Crippen molar-refractivity contribution in [1.29, 1.82) is 0 Å². The van der Waals surface area contributed by atoms with Gasteiger partial charge in [0.15, 0.2) is 11.6 Å². The summed E-state index contributed by atoms with van der Waals surface area (Å²) >= 11 is 0. The first kappa shape index (κ1) is 15.6. The highest BCUT2D eigenvalue weighted by molar-refractivity contribution is 5.83. The van der Waals surface area contributed by atoms with Crippen LogP contribution < -0.4 is 20.6 Å². The number of carbonyl (C=O) groups excluding carboxylic acids is 1. The lowest BCUT2D eigenvalue weighted by molar-refractivity contribution is -0.120. The summed E-state index contributed by atoms with van der Waals surface area (Å²) in [6.07, 6.45) is 0. The van der Waals surface area contributed by atoms with Crippen molar-refractivity contribution in [3.63, 3.8) is 0 Å². The highest BCUT2D eigenvalue weighted by Gasteiger charge is 2.35. The third-order valence-corrected chi connectivity index (χ3v) is 4.31. The second kappa shape index (κ2) is 5.83. The first-order valence-electron chi connectivity index (χ1n) is 7.73. The van der Waals surface area contributed by atoms with Crippen LogP contribution in [0.2, 0.25) is 0 Å². The zero-order valence-electron chi connectivity index (χ0n) is 13.0. The Bertz CT molecular complexity index is 915. The summed E-state index contributed by atoms with van der Waals surface area (Å²) in [4.78, 5) is 29.5. The van der Waals surface area contributed by atoms with Crippen molar-refractivity contribution < 1.29 is 18.3 Å². The van der Waals surface area contributed by atoms with E-state index in [1.807, 2.05) is 4.90 Å². The van der Waals surface area contributed by atoms with Crippen LogP contribution in [0.5, 0.6) is 5.88 Å². The van der Waals surface area contributed by atoms with E-state index < -0.39 is 17.3 Å². The molecule has 130 valence electrons. The summed E-state index contributed by atoms with van der Waals surface area (Å²) in [5.74, 6) is -1.37. The van der Waals surface area contributed by atoms with Crippen molar-refractivity contribution in [2.75, 3.05) is 18.0 Å². The summed E-state index contributed by atoms with van der Waals surface area (Å²) in [6, 6.07) is 5.02. The number of hydrogen-bond donors (Lipinski definition) is 1. The zero-order chi connectivity index (χ0) is 17.6. The van der Waals surface area contributed by atoms with E-state index in [1.54, 1.807) is 6.07 Å². The molecule has 4 rings (SSSR count). The number of aromatic nitrogens is 2. The van der Waals surface area contributed by atoms with E-state index in [1.165, 1.54) is 10.6 Å². The summed E-state index contributed by atoms with van der Waals surface area (Å²) in [7, 11) is 0. The molecule has 9 heteroatoms. The van der Waals surface area contributed by atoms with E-state index in [9.17, 15) is 18.4 Å². The van der Waals surface area contributed by atoms with Crippen molar-refractivity contribution >= 4 is 11.7 Å². The molecule has 0 radical (unpaired) electrons. The van der Waals surface area contributed by atoms with Crippen molar-refractivity contribution in [2.24, 2.45) is 0 Å². The molecule has 1 unspecified atom stereocenters. The molecule has 1 N–H and O–H groups in total. The van der Waals surface area contributed by atoms with Gasteiger partial charge in [0.05, 0.1) is 19.1 Å². The fourth-order valence-electron chi connectivity index (χ4n) is 3.07. The number of benzene rings is 1. The number of ether oxygens (including phenoxy) is 1. The minimum atomic E-state index is -0.967. The third-order valence-electron chi connectivity index (χ3n) is 4.31. The Balaban J connectivity index is 1.57. The van der Waals surface area contributed by atoms with Gasteiger partial charge < -0.3 is 15.0 Å². The topological polar surface area (TPSA) is 76.5 Å². The lowest BCUT2D eigenvalue weighted by Crippen LogP contribution is -2.52. The number of nitrogens with zero attached hydrogens (tertiary/aromatic N) is 3. The average molecular weight is 348 g/mol. The van der Waals surface area contributed by atoms with Gasteiger partial charge in [-0.15, -0.1) is 0 Å². The van der Waals surface area contributed by atoms with Crippen LogP contribution in [0.25, 0.3) is 0 Å². The van der Waals surface area contributed by atoms with Crippen LogP contribution in [0, 0.1) is 11.6 Å². The Morgan fingerprint density at radius 1 is 1.24 bits per heavy atom. The molecule has 0 aliphatic carbocycles. The molecule has 3 heterocycles. The maximum atomic E-state index is 13.2. The molecule has 7 nitrogen and oxygen atoms in total. The number of piperazine rings is 1. The van der Waals surface area contributed by atoms with Crippen LogP contribution in [0.3, 0.4) is 0 Å². The van der Waals surface area contributed by atoms with Crippen molar-refractivity contribution in [3.05, 3.63) is 51.9 Å². The molecule has 2 aromatic rings. The van der Waals surface area contributed by atoms with E-state index >= 15 is 0 Å². The monoisotopic (exact) mass is 348 g/mol. The minimum absolute atomic E-state index is 0.00800. The fourth-order valence-corrected chi connectivity index (χ4v) is 3.07. The molecule has 0 spiro atoms. The van der Waals surface area contributed by atoms with Gasteiger partial charge in [0.1, 0.15) is 12.4 Å². The first-order chi connectivity index (χ1) is 12.0. The van der Waals surface area contributed by atoms with Crippen LogP contribution in [-0.4, -0.2) is 34.6 Å². The van der Waals surface area contributed by atoms with Crippen LogP contribution in [0.4, 0.5) is 14.6 Å². The van der Waals surface area contributed by atoms with Gasteiger partial charge in [-0.05, 0) is 17.7 Å². The number of fused-ring (bicyclic) bond motifs is 3. The second-order valence-corrected chi connectivity index (χ2v) is 5.97. The SMILES string of the molecule is O=C1CN2c3cc(OCc4ccc(F)c(F)c4)nc(=O)n3CC2CN1. The molecular formula is C16H14F2N4O3. The van der Waals surface area contributed by atoms with E-state index in [0.717, 1.165) is 12.1 Å². The maximum Gasteiger partial charge on any atom is 0.352 e. The predicted molar refractivity (Wildman–Crippen MR) is 83.3 cm³/mol. The minimum Gasteiger partial charge on any atom is -0.473 e. The molecule has 2 aliphatic rings. The molecule has 0 saturated carbocycles. The normalized spacial score (nSPS) is 18.6. The van der Waals surface area contributed by atoms with Crippen LogP contribution >= 0.6 is 0 Å². The number of carbonyl (C=O) groups is 1. The van der Waals surface area contributed by atoms with E-state index in [-0.39, 0.29) is 31.0 Å². The van der Waals surface area contributed by atoms with Crippen LogP contribution in [-0.2, 0) is 17.9 Å². The van der Waals surface area contributed by atoms with Crippen molar-refractivity contribution in [1.82, 2.24) is 14.9 Å². The summed E-state index contributed by atoms with van der Waals surface area (Å²) < 4.78 is 33.1. The zero-order valence-corrected chi connectivity index (χ0v) is 13.0. The highest BCUT2D eigenvalue weighted by Crippen LogP contribution is 2.27. The molecule has 1 atom stereocenters. The summed E-state index contributed by atoms with van der Waals surface area (Å²) in [5.41, 5.74) is -0.0591. The molecule has 0 bridgehead atoms. The second-order valence-electron chi connectivity index (χ2n) is 5.97. The van der Waals surface area contributed by atoms with Gasteiger partial charge in [-0.2, -0.15) is 4.98 Å². The molecule has 1 aromatic heterocycles.